The molecule has 0 saturated heterocycles. The summed E-state index contributed by atoms with van der Waals surface area (Å²) in [6.07, 6.45) is 2.41. The molecule has 0 atom stereocenters. The van der Waals surface area contributed by atoms with Crippen LogP contribution in [0.15, 0.2) is 48.5 Å². The van der Waals surface area contributed by atoms with E-state index in [1.165, 1.54) is 0 Å². The highest BCUT2D eigenvalue weighted by Gasteiger charge is 2.00. The van der Waals surface area contributed by atoms with Gasteiger partial charge in [-0.25, -0.2) is 0 Å². The first-order valence-corrected chi connectivity index (χ1v) is 9.14. The molecule has 0 heterocycles. The van der Waals surface area contributed by atoms with Gasteiger partial charge in [-0.2, -0.15) is 0 Å². The predicted octanol–water partition coefficient (Wildman–Crippen LogP) is 5.18. The number of benzene rings is 2. The second kappa shape index (κ2) is 10.5. The first kappa shape index (κ1) is 19.0. The lowest BCUT2D eigenvalue weighted by atomic mass is 10.3. The Morgan fingerprint density at radius 2 is 1.48 bits per heavy atom. The van der Waals surface area contributed by atoms with Crippen molar-refractivity contribution in [1.29, 1.82) is 0 Å². The summed E-state index contributed by atoms with van der Waals surface area (Å²) in [7, 11) is 0. The van der Waals surface area contributed by atoms with Crippen molar-refractivity contribution < 1.29 is 9.47 Å². The topological polar surface area (TPSA) is 42.5 Å². The zero-order valence-corrected chi connectivity index (χ0v) is 15.5. The van der Waals surface area contributed by atoms with Crippen LogP contribution in [0.5, 0.6) is 11.5 Å². The second-order valence-electron chi connectivity index (χ2n) is 6.28. The first-order chi connectivity index (χ1) is 12.2. The van der Waals surface area contributed by atoms with Gasteiger partial charge in [0.25, 0.3) is 0 Å². The maximum atomic E-state index is 5.74. The normalized spacial score (nSPS) is 10.6. The van der Waals surface area contributed by atoms with E-state index in [9.17, 15) is 0 Å². The Morgan fingerprint density at radius 3 is 2.08 bits per heavy atom. The maximum Gasteiger partial charge on any atom is 0.121 e. The van der Waals surface area contributed by atoms with Gasteiger partial charge in [-0.05, 0) is 44.5 Å². The molecule has 136 valence electrons. The molecule has 0 aliphatic carbocycles. The van der Waals surface area contributed by atoms with Crippen LogP contribution in [0.4, 0.5) is 11.4 Å². The molecular weight excluding hydrogens is 312 g/mol. The van der Waals surface area contributed by atoms with Crippen LogP contribution in [-0.2, 0) is 0 Å². The third-order valence-electron chi connectivity index (χ3n) is 3.59. The van der Waals surface area contributed by atoms with Gasteiger partial charge in [-0.1, -0.05) is 25.5 Å². The van der Waals surface area contributed by atoms with Gasteiger partial charge < -0.3 is 20.1 Å². The third-order valence-corrected chi connectivity index (χ3v) is 3.59. The van der Waals surface area contributed by atoms with Crippen molar-refractivity contribution in [2.75, 3.05) is 30.3 Å². The Balaban J connectivity index is 1.75. The van der Waals surface area contributed by atoms with Crippen LogP contribution in [0.1, 0.15) is 33.6 Å². The highest BCUT2D eigenvalue weighted by molar-refractivity contribution is 5.50. The van der Waals surface area contributed by atoms with Crippen molar-refractivity contribution in [3.05, 3.63) is 48.5 Å². The number of hydrogen-bond acceptors (Lipinski definition) is 4. The summed E-state index contributed by atoms with van der Waals surface area (Å²) in [5.74, 6) is 1.81. The van der Waals surface area contributed by atoms with Gasteiger partial charge >= 0.3 is 0 Å². The summed E-state index contributed by atoms with van der Waals surface area (Å²) in [6, 6.07) is 16.2. The number of anilines is 2. The van der Waals surface area contributed by atoms with E-state index in [4.69, 9.17) is 9.47 Å². The molecule has 0 saturated carbocycles. The minimum absolute atomic E-state index is 0.184. The summed E-state index contributed by atoms with van der Waals surface area (Å²) < 4.78 is 11.5. The van der Waals surface area contributed by atoms with Crippen LogP contribution in [0.2, 0.25) is 0 Å². The smallest absolute Gasteiger partial charge is 0.121 e. The SMILES string of the molecule is CCCCOc1cccc(NCCNc2cccc(OC(C)C)c2)c1. The molecule has 0 fully saturated rings. The fourth-order valence-electron chi connectivity index (χ4n) is 2.40. The van der Waals surface area contributed by atoms with E-state index in [0.717, 1.165) is 55.4 Å². The molecule has 0 aliphatic rings. The highest BCUT2D eigenvalue weighted by Crippen LogP contribution is 2.19. The molecule has 0 aliphatic heterocycles. The lowest BCUT2D eigenvalue weighted by molar-refractivity contribution is 0.242. The first-order valence-electron chi connectivity index (χ1n) is 9.14. The average molecular weight is 342 g/mol. The molecule has 0 aromatic heterocycles. The van der Waals surface area contributed by atoms with E-state index in [2.05, 4.69) is 29.7 Å². The monoisotopic (exact) mass is 342 g/mol. The summed E-state index contributed by atoms with van der Waals surface area (Å²) in [6.45, 7) is 8.66. The minimum atomic E-state index is 0.184. The van der Waals surface area contributed by atoms with Crippen LogP contribution < -0.4 is 20.1 Å². The van der Waals surface area contributed by atoms with Crippen LogP contribution >= 0.6 is 0 Å². The van der Waals surface area contributed by atoms with Crippen molar-refractivity contribution in [3.63, 3.8) is 0 Å². The molecule has 0 unspecified atom stereocenters. The predicted molar refractivity (Wildman–Crippen MR) is 106 cm³/mol. The molecule has 0 radical (unpaired) electrons. The van der Waals surface area contributed by atoms with E-state index in [0.29, 0.717) is 0 Å². The van der Waals surface area contributed by atoms with Crippen LogP contribution in [0, 0.1) is 0 Å². The van der Waals surface area contributed by atoms with Gasteiger partial charge in [-0.15, -0.1) is 0 Å². The summed E-state index contributed by atoms with van der Waals surface area (Å²) in [5, 5.41) is 6.83. The van der Waals surface area contributed by atoms with Crippen LogP contribution in [-0.4, -0.2) is 25.8 Å². The van der Waals surface area contributed by atoms with E-state index < -0.39 is 0 Å². The van der Waals surface area contributed by atoms with Gasteiger partial charge in [0.15, 0.2) is 0 Å². The average Bonchev–Trinajstić information content (AvgIpc) is 2.59. The molecule has 0 amide bonds. The Hall–Kier alpha value is -2.36. The lowest BCUT2D eigenvalue weighted by Gasteiger charge is -2.13. The van der Waals surface area contributed by atoms with Crippen molar-refractivity contribution in [2.45, 2.75) is 39.7 Å². The number of unbranched alkanes of at least 4 members (excludes halogenated alkanes) is 1. The fourth-order valence-corrected chi connectivity index (χ4v) is 2.40. The molecule has 25 heavy (non-hydrogen) atoms. The van der Waals surface area contributed by atoms with Gasteiger partial charge in [0, 0.05) is 36.6 Å². The molecule has 0 bridgehead atoms. The summed E-state index contributed by atoms with van der Waals surface area (Å²) in [5.41, 5.74) is 2.14. The van der Waals surface area contributed by atoms with Crippen molar-refractivity contribution in [1.82, 2.24) is 0 Å². The Bertz CT molecular complexity index is 629. The molecule has 4 heteroatoms. The van der Waals surface area contributed by atoms with Gasteiger partial charge in [0.05, 0.1) is 12.7 Å². The zero-order chi connectivity index (χ0) is 17.9. The number of ether oxygens (including phenoxy) is 2. The standard InChI is InChI=1S/C21H30N2O2/c1-4-5-14-24-20-10-6-8-18(15-20)22-12-13-23-19-9-7-11-21(16-19)25-17(2)3/h6-11,15-17,22-23H,4-5,12-14H2,1-3H3. The van der Waals surface area contributed by atoms with Crippen LogP contribution in [0.25, 0.3) is 0 Å². The van der Waals surface area contributed by atoms with E-state index in [1.54, 1.807) is 0 Å². The molecular formula is C21H30N2O2. The fraction of sp³-hybridized carbons (Fsp3) is 0.429. The third kappa shape index (κ3) is 7.38. The number of rotatable bonds is 11. The molecule has 2 rings (SSSR count). The maximum absolute atomic E-state index is 5.74. The van der Waals surface area contributed by atoms with Crippen molar-refractivity contribution in [3.8, 4) is 11.5 Å². The van der Waals surface area contributed by atoms with Crippen LogP contribution in [0.3, 0.4) is 0 Å². The minimum Gasteiger partial charge on any atom is -0.494 e. The van der Waals surface area contributed by atoms with E-state index in [-0.39, 0.29) is 6.10 Å². The number of nitrogens with one attached hydrogen (secondary N) is 2. The largest absolute Gasteiger partial charge is 0.494 e. The number of hydrogen-bond donors (Lipinski definition) is 2. The second-order valence-corrected chi connectivity index (χ2v) is 6.28. The van der Waals surface area contributed by atoms with Gasteiger partial charge in [-0.3, -0.25) is 0 Å². The summed E-state index contributed by atoms with van der Waals surface area (Å²) in [4.78, 5) is 0. The Morgan fingerprint density at radius 1 is 0.880 bits per heavy atom. The van der Waals surface area contributed by atoms with Crippen molar-refractivity contribution >= 4 is 11.4 Å². The molecule has 0 spiro atoms. The summed E-state index contributed by atoms with van der Waals surface area (Å²) >= 11 is 0. The zero-order valence-electron chi connectivity index (χ0n) is 15.5. The lowest BCUT2D eigenvalue weighted by Crippen LogP contribution is -2.14. The Labute approximate surface area is 151 Å². The molecule has 2 aromatic rings. The quantitative estimate of drug-likeness (QED) is 0.552. The van der Waals surface area contributed by atoms with Crippen molar-refractivity contribution in [2.24, 2.45) is 0 Å². The Kier molecular flexibility index (Phi) is 7.96. The van der Waals surface area contributed by atoms with Gasteiger partial charge in [0.2, 0.25) is 0 Å². The van der Waals surface area contributed by atoms with E-state index in [1.807, 2.05) is 50.2 Å². The molecule has 4 nitrogen and oxygen atoms in total. The van der Waals surface area contributed by atoms with E-state index >= 15 is 0 Å². The highest BCUT2D eigenvalue weighted by atomic mass is 16.5. The van der Waals surface area contributed by atoms with Gasteiger partial charge in [0.1, 0.15) is 11.5 Å². The molecule has 2 N–H and O–H groups in total. The molecule has 2 aromatic carbocycles.